The van der Waals surface area contributed by atoms with Crippen molar-refractivity contribution in [2.75, 3.05) is 6.61 Å². The smallest absolute Gasteiger partial charge is 0.340 e. The van der Waals surface area contributed by atoms with Crippen LogP contribution in [-0.2, 0) is 28.5 Å². The van der Waals surface area contributed by atoms with E-state index < -0.39 is 141 Å². The minimum atomic E-state index is -2.34. The third-order valence-electron chi connectivity index (χ3n) is 8.04. The van der Waals surface area contributed by atoms with Crippen molar-refractivity contribution in [1.82, 2.24) is 0 Å². The highest BCUT2D eigenvalue weighted by atomic mass is 16.7. The van der Waals surface area contributed by atoms with Gasteiger partial charge in [-0.05, 0) is 60.2 Å². The first-order chi connectivity index (χ1) is 26.8. The zero-order valence-corrected chi connectivity index (χ0v) is 28.5. The number of hydrogen-bond acceptors (Lipinski definition) is 21. The predicted molar refractivity (Wildman–Crippen MR) is 183 cm³/mol. The average Bonchev–Trinajstić information content (AvgIpc) is 3.16. The van der Waals surface area contributed by atoms with E-state index in [0.717, 1.165) is 24.3 Å². The molecule has 300 valence electrons. The van der Waals surface area contributed by atoms with Gasteiger partial charge in [-0.15, -0.1) is 0 Å². The van der Waals surface area contributed by atoms with Crippen molar-refractivity contribution in [3.8, 4) is 63.2 Å². The number of phenols is 11. The van der Waals surface area contributed by atoms with Crippen LogP contribution in [0.25, 0.3) is 6.08 Å². The van der Waals surface area contributed by atoms with E-state index in [-0.39, 0.29) is 5.56 Å². The van der Waals surface area contributed by atoms with Crippen LogP contribution in [0.15, 0.2) is 60.7 Å². The molecule has 21 heteroatoms. The van der Waals surface area contributed by atoms with Gasteiger partial charge in [0.2, 0.25) is 6.29 Å². The number of aliphatic hydroxyl groups excluding tert-OH is 1. The van der Waals surface area contributed by atoms with Gasteiger partial charge in [0.05, 0.1) is 16.7 Å². The Labute approximate surface area is 317 Å². The molecule has 0 amide bonds. The number of phenolic OH excluding ortho intramolecular Hbond substituents is 11. The van der Waals surface area contributed by atoms with Crippen LogP contribution < -0.4 is 0 Å². The van der Waals surface area contributed by atoms with Crippen LogP contribution in [0.1, 0.15) is 36.6 Å². The second-order valence-electron chi connectivity index (χ2n) is 12.0. The van der Waals surface area contributed by atoms with E-state index in [1.54, 1.807) is 0 Å². The summed E-state index contributed by atoms with van der Waals surface area (Å²) in [6.45, 7) is -0.958. The summed E-state index contributed by atoms with van der Waals surface area (Å²) in [6, 6.07) is 7.42. The van der Waals surface area contributed by atoms with E-state index in [2.05, 4.69) is 0 Å². The number of aliphatic hydroxyl groups is 1. The van der Waals surface area contributed by atoms with Gasteiger partial charge in [-0.2, -0.15) is 0 Å². The van der Waals surface area contributed by atoms with Crippen molar-refractivity contribution in [1.29, 1.82) is 0 Å². The van der Waals surface area contributed by atoms with Gasteiger partial charge >= 0.3 is 23.9 Å². The Hall–Kier alpha value is -7.78. The molecule has 0 spiro atoms. The molecule has 57 heavy (non-hydrogen) atoms. The number of esters is 4. The molecular formula is C36H30O21. The molecule has 0 aromatic heterocycles. The number of rotatable bonds is 10. The Morgan fingerprint density at radius 1 is 0.544 bits per heavy atom. The molecule has 1 saturated heterocycles. The maximum atomic E-state index is 13.3. The predicted octanol–water partition coefficient (Wildman–Crippen LogP) is 1.40. The molecule has 0 radical (unpaired) electrons. The normalized spacial score (nSPS) is 19.1. The molecule has 4 aromatic carbocycles. The van der Waals surface area contributed by atoms with Crippen LogP contribution in [-0.4, -0.2) is 122 Å². The number of carbonyl (C=O) groups excluding carboxylic acids is 4. The summed E-state index contributed by atoms with van der Waals surface area (Å²) < 4.78 is 26.9. The Morgan fingerprint density at radius 3 is 1.40 bits per heavy atom. The molecule has 1 aliphatic heterocycles. The van der Waals surface area contributed by atoms with Crippen LogP contribution in [0.2, 0.25) is 0 Å². The Bertz CT molecular complexity index is 2200. The quantitative estimate of drug-likeness (QED) is 0.0467. The summed E-state index contributed by atoms with van der Waals surface area (Å²) in [5.74, 6) is -15.5. The number of benzene rings is 4. The molecule has 5 atom stereocenters. The fraction of sp³-hybridized carbons (Fsp3) is 0.167. The first kappa shape index (κ1) is 40.4. The molecular weight excluding hydrogens is 768 g/mol. The molecule has 1 heterocycles. The minimum Gasteiger partial charge on any atom is -0.504 e. The summed E-state index contributed by atoms with van der Waals surface area (Å²) in [5, 5.41) is 119. The molecule has 0 saturated carbocycles. The topological polar surface area (TPSA) is 357 Å². The fourth-order valence-corrected chi connectivity index (χ4v) is 5.14. The second kappa shape index (κ2) is 16.3. The first-order valence-electron chi connectivity index (χ1n) is 15.9. The summed E-state index contributed by atoms with van der Waals surface area (Å²) >= 11 is 0. The average molecular weight is 799 g/mol. The van der Waals surface area contributed by atoms with E-state index in [1.807, 2.05) is 0 Å². The number of hydrogen-bond donors (Lipinski definition) is 12. The van der Waals surface area contributed by atoms with E-state index in [4.69, 9.17) is 23.7 Å². The Kier molecular flexibility index (Phi) is 11.6. The van der Waals surface area contributed by atoms with Gasteiger partial charge in [-0.3, -0.25) is 0 Å². The van der Waals surface area contributed by atoms with E-state index >= 15 is 0 Å². The molecule has 5 unspecified atom stereocenters. The molecule has 1 fully saturated rings. The first-order valence-corrected chi connectivity index (χ1v) is 15.9. The van der Waals surface area contributed by atoms with Crippen LogP contribution in [0.3, 0.4) is 0 Å². The lowest BCUT2D eigenvalue weighted by Crippen LogP contribution is -2.62. The van der Waals surface area contributed by atoms with Gasteiger partial charge in [0.25, 0.3) is 0 Å². The number of aromatic hydroxyl groups is 11. The molecule has 0 aliphatic carbocycles. The lowest BCUT2D eigenvalue weighted by atomic mass is 9.98. The van der Waals surface area contributed by atoms with Crippen molar-refractivity contribution in [3.05, 3.63) is 82.9 Å². The Balaban J connectivity index is 1.50. The third kappa shape index (κ3) is 8.96. The van der Waals surface area contributed by atoms with Gasteiger partial charge in [-0.25, -0.2) is 19.2 Å². The maximum absolute atomic E-state index is 13.3. The van der Waals surface area contributed by atoms with E-state index in [1.165, 1.54) is 6.07 Å². The molecule has 5 rings (SSSR count). The molecule has 21 nitrogen and oxygen atoms in total. The molecule has 1 aliphatic rings. The van der Waals surface area contributed by atoms with Gasteiger partial charge < -0.3 is 85.0 Å². The van der Waals surface area contributed by atoms with Crippen molar-refractivity contribution in [3.63, 3.8) is 0 Å². The van der Waals surface area contributed by atoms with Gasteiger partial charge in [0.15, 0.2) is 75.5 Å². The number of ether oxygens (including phenoxy) is 5. The molecule has 4 aromatic rings. The summed E-state index contributed by atoms with van der Waals surface area (Å²) in [7, 11) is 0. The summed E-state index contributed by atoms with van der Waals surface area (Å²) in [4.78, 5) is 52.5. The van der Waals surface area contributed by atoms with Gasteiger partial charge in [-0.1, -0.05) is 6.07 Å². The molecule has 12 N–H and O–H groups in total. The highest BCUT2D eigenvalue weighted by Crippen LogP contribution is 2.39. The third-order valence-corrected chi connectivity index (χ3v) is 8.04. The van der Waals surface area contributed by atoms with Crippen LogP contribution >= 0.6 is 0 Å². The van der Waals surface area contributed by atoms with Crippen LogP contribution in [0.4, 0.5) is 0 Å². The monoisotopic (exact) mass is 798 g/mol. The zero-order chi connectivity index (χ0) is 41.9. The van der Waals surface area contributed by atoms with E-state index in [0.29, 0.717) is 36.4 Å². The maximum Gasteiger partial charge on any atom is 0.340 e. The van der Waals surface area contributed by atoms with Crippen LogP contribution in [0, 0.1) is 0 Å². The Morgan fingerprint density at radius 2 is 0.965 bits per heavy atom. The molecule has 0 bridgehead atoms. The summed E-state index contributed by atoms with van der Waals surface area (Å²) in [6.07, 6.45) is -8.82. The lowest BCUT2D eigenvalue weighted by molar-refractivity contribution is -0.284. The van der Waals surface area contributed by atoms with Crippen molar-refractivity contribution < 1.29 is 104 Å². The lowest BCUT2D eigenvalue weighted by Gasteiger charge is -2.42. The minimum absolute atomic E-state index is 0.219. The van der Waals surface area contributed by atoms with Crippen molar-refractivity contribution >= 4 is 30.0 Å². The van der Waals surface area contributed by atoms with Gasteiger partial charge in [0, 0.05) is 6.08 Å². The number of carbonyl (C=O) groups is 4. The fourth-order valence-electron chi connectivity index (χ4n) is 5.14. The highest BCUT2D eigenvalue weighted by Gasteiger charge is 2.52. The van der Waals surface area contributed by atoms with Crippen molar-refractivity contribution in [2.24, 2.45) is 0 Å². The van der Waals surface area contributed by atoms with Crippen LogP contribution in [0.5, 0.6) is 63.2 Å². The zero-order valence-electron chi connectivity index (χ0n) is 28.5. The van der Waals surface area contributed by atoms with Crippen molar-refractivity contribution in [2.45, 2.75) is 30.7 Å². The summed E-state index contributed by atoms with van der Waals surface area (Å²) in [5.41, 5.74) is -1.72. The second-order valence-corrected chi connectivity index (χ2v) is 12.0. The SMILES string of the molecule is O=C(C=Cc1ccc(O)c(O)c1)OCC1OC(OC(=O)c2cc(O)c(O)c(O)c2)C(OC(=O)c2cc(O)c(O)c(O)c2)C(O)C1OC(=O)c1cc(O)c(O)c(O)c1. The largest absolute Gasteiger partial charge is 0.504 e. The van der Waals surface area contributed by atoms with Gasteiger partial charge in [0.1, 0.15) is 18.8 Å². The highest BCUT2D eigenvalue weighted by molar-refractivity contribution is 5.93. The van der Waals surface area contributed by atoms with E-state index in [9.17, 15) is 80.5 Å². The standard InChI is InChI=1S/C36H30O21/c37-17-3-1-13(5-18(17)38)2-4-26(45)53-12-25-31(55-33(50)14-6-19(39)27(46)20(40)7-14)30(49)32(56-34(51)15-8-21(41)28(47)22(42)9-15)36(54-25)57-35(52)16-10-23(43)29(48)24(44)11-16/h1-11,25,30-32,36-44,46-49H,12H2.